The summed E-state index contributed by atoms with van der Waals surface area (Å²) in [7, 11) is 0.812. The van der Waals surface area contributed by atoms with Crippen molar-refractivity contribution >= 4 is 5.97 Å². The SMILES string of the molecule is COC(=O)c1ccc(C(F)(F)F)c(C(F)(F)F)c1O. The molecule has 0 aliphatic heterocycles. The highest BCUT2D eigenvalue weighted by Crippen LogP contribution is 2.45. The molecule has 1 aromatic carbocycles. The molecule has 0 fully saturated rings. The van der Waals surface area contributed by atoms with E-state index in [1.54, 1.807) is 0 Å². The number of carbonyl (C=O) groups is 1. The van der Waals surface area contributed by atoms with E-state index in [2.05, 4.69) is 4.74 Å². The van der Waals surface area contributed by atoms with E-state index in [0.29, 0.717) is 6.07 Å². The van der Waals surface area contributed by atoms with Crippen LogP contribution in [0, 0.1) is 0 Å². The van der Waals surface area contributed by atoms with Gasteiger partial charge in [0.1, 0.15) is 16.9 Å². The molecule has 0 saturated carbocycles. The molecule has 0 unspecified atom stereocenters. The smallest absolute Gasteiger partial charge is 0.420 e. The fraction of sp³-hybridized carbons (Fsp3) is 0.300. The first-order chi connectivity index (χ1) is 8.50. The Bertz CT molecular complexity index is 503. The Balaban J connectivity index is 3.65. The largest absolute Gasteiger partial charge is 0.506 e. The molecule has 1 rings (SSSR count). The van der Waals surface area contributed by atoms with Crippen molar-refractivity contribution in [3.8, 4) is 5.75 Å². The van der Waals surface area contributed by atoms with Crippen LogP contribution in [-0.4, -0.2) is 18.2 Å². The quantitative estimate of drug-likeness (QED) is 0.637. The average molecular weight is 288 g/mol. The lowest BCUT2D eigenvalue weighted by molar-refractivity contribution is -0.163. The first-order valence-corrected chi connectivity index (χ1v) is 4.58. The molecule has 0 atom stereocenters. The Morgan fingerprint density at radius 1 is 1.11 bits per heavy atom. The Morgan fingerprint density at radius 3 is 2.00 bits per heavy atom. The molecule has 0 aliphatic rings. The predicted molar refractivity (Wildman–Crippen MR) is 49.5 cm³/mol. The molecule has 1 N–H and O–H groups in total. The van der Waals surface area contributed by atoms with Gasteiger partial charge < -0.3 is 9.84 Å². The number of halogens is 6. The summed E-state index contributed by atoms with van der Waals surface area (Å²) >= 11 is 0. The molecule has 19 heavy (non-hydrogen) atoms. The van der Waals surface area contributed by atoms with Gasteiger partial charge in [0.15, 0.2) is 0 Å². The number of esters is 1. The van der Waals surface area contributed by atoms with Gasteiger partial charge in [-0.2, -0.15) is 26.3 Å². The van der Waals surface area contributed by atoms with Gasteiger partial charge in [-0.3, -0.25) is 0 Å². The van der Waals surface area contributed by atoms with E-state index < -0.39 is 40.8 Å². The monoisotopic (exact) mass is 288 g/mol. The molecule has 0 saturated heterocycles. The highest BCUT2D eigenvalue weighted by molar-refractivity contribution is 5.93. The first kappa shape index (κ1) is 15.1. The van der Waals surface area contributed by atoms with E-state index in [4.69, 9.17) is 0 Å². The molecule has 0 amide bonds. The van der Waals surface area contributed by atoms with E-state index in [0.717, 1.165) is 7.11 Å². The molecule has 0 aliphatic carbocycles. The second-order valence-electron chi connectivity index (χ2n) is 3.37. The van der Waals surface area contributed by atoms with Crippen molar-refractivity contribution in [3.63, 3.8) is 0 Å². The van der Waals surface area contributed by atoms with Crippen molar-refractivity contribution in [2.75, 3.05) is 7.11 Å². The molecule has 3 nitrogen and oxygen atoms in total. The van der Waals surface area contributed by atoms with Crippen LogP contribution in [0.25, 0.3) is 0 Å². The number of methoxy groups -OCH3 is 1. The Kier molecular flexibility index (Phi) is 3.69. The zero-order valence-corrected chi connectivity index (χ0v) is 9.19. The van der Waals surface area contributed by atoms with Gasteiger partial charge in [0.2, 0.25) is 0 Å². The molecule has 0 aromatic heterocycles. The van der Waals surface area contributed by atoms with Gasteiger partial charge in [-0.1, -0.05) is 0 Å². The Morgan fingerprint density at radius 2 is 1.63 bits per heavy atom. The number of rotatable bonds is 1. The summed E-state index contributed by atoms with van der Waals surface area (Å²) in [5, 5.41) is 9.25. The van der Waals surface area contributed by atoms with Crippen molar-refractivity contribution in [2.24, 2.45) is 0 Å². The summed E-state index contributed by atoms with van der Waals surface area (Å²) in [6.07, 6.45) is -10.8. The lowest BCUT2D eigenvalue weighted by atomic mass is 10.0. The average Bonchev–Trinajstić information content (AvgIpc) is 2.24. The number of carbonyl (C=O) groups excluding carboxylic acids is 1. The second kappa shape index (κ2) is 4.63. The third kappa shape index (κ3) is 2.91. The lowest BCUT2D eigenvalue weighted by Crippen LogP contribution is -2.18. The van der Waals surface area contributed by atoms with Crippen LogP contribution in [0.3, 0.4) is 0 Å². The second-order valence-corrected chi connectivity index (χ2v) is 3.37. The number of benzene rings is 1. The van der Waals surface area contributed by atoms with E-state index >= 15 is 0 Å². The molecule has 0 radical (unpaired) electrons. The number of aromatic hydroxyl groups is 1. The highest BCUT2D eigenvalue weighted by atomic mass is 19.4. The van der Waals surface area contributed by atoms with Gasteiger partial charge in [-0.25, -0.2) is 4.79 Å². The minimum absolute atomic E-state index is 0.0643. The number of alkyl halides is 6. The Labute approximate surface area is 102 Å². The number of phenols is 1. The number of phenolic OH excluding ortho intramolecular Hbond substituents is 1. The normalized spacial score (nSPS) is 12.4. The summed E-state index contributed by atoms with van der Waals surface area (Å²) in [5.41, 5.74) is -5.39. The van der Waals surface area contributed by atoms with E-state index in [9.17, 15) is 36.2 Å². The molecular formula is C10H6F6O3. The number of ether oxygens (including phenoxy) is 1. The molecular weight excluding hydrogens is 282 g/mol. The minimum Gasteiger partial charge on any atom is -0.506 e. The number of hydrogen-bond donors (Lipinski definition) is 1. The fourth-order valence-electron chi connectivity index (χ4n) is 1.39. The van der Waals surface area contributed by atoms with Crippen LogP contribution in [-0.2, 0) is 17.1 Å². The van der Waals surface area contributed by atoms with E-state index in [-0.39, 0.29) is 6.07 Å². The minimum atomic E-state index is -5.47. The maximum Gasteiger partial charge on any atom is 0.420 e. The molecule has 9 heteroatoms. The van der Waals surface area contributed by atoms with Crippen LogP contribution < -0.4 is 0 Å². The van der Waals surface area contributed by atoms with Crippen molar-refractivity contribution in [1.82, 2.24) is 0 Å². The van der Waals surface area contributed by atoms with Crippen molar-refractivity contribution in [3.05, 3.63) is 28.8 Å². The van der Waals surface area contributed by atoms with Crippen molar-refractivity contribution < 1.29 is 41.0 Å². The van der Waals surface area contributed by atoms with Gasteiger partial charge in [0.25, 0.3) is 0 Å². The van der Waals surface area contributed by atoms with Crippen LogP contribution in [0.15, 0.2) is 12.1 Å². The van der Waals surface area contributed by atoms with Gasteiger partial charge in [-0.05, 0) is 12.1 Å². The maximum atomic E-state index is 12.6. The Hall–Kier alpha value is -1.93. The fourth-order valence-corrected chi connectivity index (χ4v) is 1.39. The van der Waals surface area contributed by atoms with Gasteiger partial charge >= 0.3 is 18.3 Å². The summed E-state index contributed by atoms with van der Waals surface area (Å²) < 4.78 is 79.1. The summed E-state index contributed by atoms with van der Waals surface area (Å²) in [6, 6.07) is 0.480. The van der Waals surface area contributed by atoms with Gasteiger partial charge in [0, 0.05) is 0 Å². The molecule has 0 heterocycles. The number of hydrogen-bond acceptors (Lipinski definition) is 3. The zero-order valence-electron chi connectivity index (χ0n) is 9.19. The zero-order chi connectivity index (χ0) is 15.0. The van der Waals surface area contributed by atoms with Crippen LogP contribution in [0.5, 0.6) is 5.75 Å². The van der Waals surface area contributed by atoms with Crippen LogP contribution in [0.2, 0.25) is 0 Å². The van der Waals surface area contributed by atoms with Crippen molar-refractivity contribution in [1.29, 1.82) is 0 Å². The summed E-state index contributed by atoms with van der Waals surface area (Å²) in [5.74, 6) is -3.19. The lowest BCUT2D eigenvalue weighted by Gasteiger charge is -2.18. The van der Waals surface area contributed by atoms with Gasteiger partial charge in [0.05, 0.1) is 12.7 Å². The standard InChI is InChI=1S/C10H6F6O3/c1-19-8(18)4-2-3-5(9(11,12)13)6(7(4)17)10(14,15)16/h2-3,17H,1H3. The highest BCUT2D eigenvalue weighted by Gasteiger charge is 2.46. The summed E-state index contributed by atoms with van der Waals surface area (Å²) in [4.78, 5) is 11.0. The maximum absolute atomic E-state index is 12.6. The van der Waals surface area contributed by atoms with E-state index in [1.165, 1.54) is 0 Å². The predicted octanol–water partition coefficient (Wildman–Crippen LogP) is 3.22. The third-order valence-electron chi connectivity index (χ3n) is 2.17. The topological polar surface area (TPSA) is 46.5 Å². The van der Waals surface area contributed by atoms with Crippen LogP contribution in [0.1, 0.15) is 21.5 Å². The van der Waals surface area contributed by atoms with Crippen LogP contribution >= 0.6 is 0 Å². The summed E-state index contributed by atoms with van der Waals surface area (Å²) in [6.45, 7) is 0. The molecule has 0 spiro atoms. The molecule has 0 bridgehead atoms. The third-order valence-corrected chi connectivity index (χ3v) is 2.17. The van der Waals surface area contributed by atoms with Crippen molar-refractivity contribution in [2.45, 2.75) is 12.4 Å². The van der Waals surface area contributed by atoms with Crippen LogP contribution in [0.4, 0.5) is 26.3 Å². The molecule has 106 valence electrons. The molecule has 1 aromatic rings. The van der Waals surface area contributed by atoms with E-state index in [1.807, 2.05) is 0 Å². The first-order valence-electron chi connectivity index (χ1n) is 4.58. The van der Waals surface area contributed by atoms with Gasteiger partial charge in [-0.15, -0.1) is 0 Å².